The molecule has 0 saturated heterocycles. The Morgan fingerprint density at radius 1 is 0.400 bits per heavy atom. The summed E-state index contributed by atoms with van der Waals surface area (Å²) in [6, 6.07) is 7.19. The Kier molecular flexibility index (Phi) is 7.91. The smallest absolute Gasteiger partial charge is 0.0810 e. The van der Waals surface area contributed by atoms with Crippen LogP contribution in [0.4, 0.5) is 0 Å². The van der Waals surface area contributed by atoms with Crippen LogP contribution in [0, 0.1) is 0 Å². The van der Waals surface area contributed by atoms with Gasteiger partial charge < -0.3 is 0 Å². The summed E-state index contributed by atoms with van der Waals surface area (Å²) in [5, 5.41) is 1.87. The fourth-order valence-electron chi connectivity index (χ4n) is 1.02. The molecule has 0 amide bonds. The Morgan fingerprint density at radius 2 is 0.600 bits per heavy atom. The van der Waals surface area contributed by atoms with E-state index >= 15 is 0 Å². The van der Waals surface area contributed by atoms with Crippen LogP contribution in [0.1, 0.15) is 0 Å². The number of hydrogen-bond donors (Lipinski definition) is 0. The van der Waals surface area contributed by atoms with E-state index in [1.165, 1.54) is 0 Å². The van der Waals surface area contributed by atoms with Crippen molar-refractivity contribution in [3.63, 3.8) is 0 Å². The molecule has 2 aromatic rings. The van der Waals surface area contributed by atoms with Gasteiger partial charge in [0.15, 0.2) is 0 Å². The van der Waals surface area contributed by atoms with Crippen LogP contribution < -0.4 is 0 Å². The highest BCUT2D eigenvalue weighted by Gasteiger charge is 2.17. The maximum absolute atomic E-state index is 5.67. The molecule has 0 atom stereocenters. The van der Waals surface area contributed by atoms with Crippen molar-refractivity contribution in [3.05, 3.63) is 64.4 Å². The molecule has 0 radical (unpaired) electrons. The van der Waals surface area contributed by atoms with Crippen LogP contribution in [0.3, 0.4) is 0 Å². The predicted molar refractivity (Wildman–Crippen MR) is 93.0 cm³/mol. The van der Waals surface area contributed by atoms with E-state index in [2.05, 4.69) is 0 Å². The van der Waals surface area contributed by atoms with Crippen molar-refractivity contribution in [2.24, 2.45) is 0 Å². The lowest BCUT2D eigenvalue weighted by Gasteiger charge is -2.06. The van der Waals surface area contributed by atoms with Crippen LogP contribution >= 0.6 is 92.8 Å². The highest BCUT2D eigenvalue weighted by atomic mass is 35.5. The van der Waals surface area contributed by atoms with E-state index in [-0.39, 0.29) is 30.1 Å². The molecule has 0 N–H and O–H groups in total. The lowest BCUT2D eigenvalue weighted by atomic mass is 10.3. The summed E-state index contributed by atoms with van der Waals surface area (Å²) in [7, 11) is 0. The van der Waals surface area contributed by atoms with Crippen LogP contribution in [-0.4, -0.2) is 0 Å². The third kappa shape index (κ3) is 4.63. The van der Waals surface area contributed by atoms with Crippen molar-refractivity contribution >= 4 is 92.8 Å². The predicted octanol–water partition coefficient (Wildman–Crippen LogP) is 8.60. The monoisotopic (exact) mass is 428 g/mol. The molecule has 0 saturated carbocycles. The van der Waals surface area contributed by atoms with Crippen molar-refractivity contribution in [1.29, 1.82) is 0 Å². The summed E-state index contributed by atoms with van der Waals surface area (Å²) < 4.78 is 0. The second kappa shape index (κ2) is 8.41. The average Bonchev–Trinajstić information content (AvgIpc) is 2.45. The number of rotatable bonds is 0. The fourth-order valence-corrected chi connectivity index (χ4v) is 2.71. The van der Waals surface area contributed by atoms with E-state index in [9.17, 15) is 0 Å². The number of halogens is 8. The normalized spacial score (nSPS) is 10.0. The number of benzene rings is 2. The molecular weight excluding hydrogens is 428 g/mol. The minimum absolute atomic E-state index is 0.109. The summed E-state index contributed by atoms with van der Waals surface area (Å²) in [5.74, 6) is 0. The zero-order chi connectivity index (χ0) is 15.4. The van der Waals surface area contributed by atoms with Gasteiger partial charge in [-0.15, -0.1) is 0 Å². The Bertz CT molecular complexity index is 497. The van der Waals surface area contributed by atoms with Gasteiger partial charge in [-0.2, -0.15) is 0 Å². The Labute approximate surface area is 156 Å². The molecule has 0 aliphatic carbocycles. The van der Waals surface area contributed by atoms with Crippen molar-refractivity contribution in [1.82, 2.24) is 0 Å². The highest BCUT2D eigenvalue weighted by molar-refractivity contribution is 6.59. The van der Waals surface area contributed by atoms with Crippen LogP contribution in [0.5, 0.6) is 0 Å². The molecule has 0 aromatic heterocycles. The summed E-state index contributed by atoms with van der Waals surface area (Å²) >= 11 is 45.2. The van der Waals surface area contributed by atoms with Crippen LogP contribution in [0.2, 0.25) is 40.2 Å². The fraction of sp³-hybridized carbons (Fsp3) is 0. The van der Waals surface area contributed by atoms with Gasteiger partial charge in [0.1, 0.15) is 0 Å². The van der Waals surface area contributed by atoms with Gasteiger partial charge in [-0.05, 0) is 12.1 Å². The second-order valence-corrected chi connectivity index (χ2v) is 6.38. The van der Waals surface area contributed by atoms with E-state index in [4.69, 9.17) is 92.8 Å². The molecule has 2 aromatic carbocycles. The molecule has 0 nitrogen and oxygen atoms in total. The average molecular weight is 432 g/mol. The molecule has 0 aliphatic heterocycles. The van der Waals surface area contributed by atoms with Gasteiger partial charge in [0.25, 0.3) is 0 Å². The maximum atomic E-state index is 5.67. The molecule has 8 heteroatoms. The van der Waals surface area contributed by atoms with Crippen LogP contribution in [0.15, 0.2) is 24.3 Å². The summed E-state index contributed by atoms with van der Waals surface area (Å²) in [5.41, 5.74) is 0. The van der Waals surface area contributed by atoms with Crippen molar-refractivity contribution in [2.45, 2.75) is 0 Å². The Hall–Kier alpha value is 0.760. The topological polar surface area (TPSA) is 0 Å². The van der Waals surface area contributed by atoms with Crippen molar-refractivity contribution in [2.75, 3.05) is 0 Å². The minimum atomic E-state index is 0.109. The molecular formula is C12H4Cl8. The first-order chi connectivity index (χ1) is 9.27. The third-order valence-corrected chi connectivity index (χ3v) is 5.58. The molecule has 0 heterocycles. The summed E-state index contributed by atoms with van der Waals surface area (Å²) in [6.45, 7) is 0. The Morgan fingerprint density at radius 3 is 0.750 bits per heavy atom. The largest absolute Gasteiger partial charge is 0.0827 e. The maximum Gasteiger partial charge on any atom is 0.0810 e. The summed E-state index contributed by atoms with van der Waals surface area (Å²) in [4.78, 5) is 0. The molecule has 0 spiro atoms. The van der Waals surface area contributed by atoms with Gasteiger partial charge in [-0.3, -0.25) is 0 Å². The lowest BCUT2D eigenvalue weighted by Crippen LogP contribution is -1.79. The molecule has 108 valence electrons. The first-order valence-electron chi connectivity index (χ1n) is 4.84. The third-order valence-electron chi connectivity index (χ3n) is 1.98. The lowest BCUT2D eigenvalue weighted by molar-refractivity contribution is 1.69. The van der Waals surface area contributed by atoms with Gasteiger partial charge in [0.2, 0.25) is 0 Å². The second-order valence-electron chi connectivity index (χ2n) is 3.30. The van der Waals surface area contributed by atoms with Gasteiger partial charge in [-0.25, -0.2) is 0 Å². The molecule has 0 unspecified atom stereocenters. The van der Waals surface area contributed by atoms with Gasteiger partial charge in [-0.1, -0.05) is 105 Å². The molecule has 0 bridgehead atoms. The van der Waals surface area contributed by atoms with Crippen LogP contribution in [0.25, 0.3) is 0 Å². The standard InChI is InChI=1S/C6Cl6.C6H4Cl2/c7-1-2(8)4(10)6(12)5(11)3(1)9;7-5-3-1-2-4-6(5)8/h;1-4H. The number of hydrogen-bond acceptors (Lipinski definition) is 0. The molecule has 2 rings (SSSR count). The van der Waals surface area contributed by atoms with Crippen molar-refractivity contribution in [3.8, 4) is 0 Å². The molecule has 0 aliphatic rings. The van der Waals surface area contributed by atoms with Crippen LogP contribution in [-0.2, 0) is 0 Å². The molecule has 0 fully saturated rings. The van der Waals surface area contributed by atoms with E-state index in [1.807, 2.05) is 12.1 Å². The first-order valence-corrected chi connectivity index (χ1v) is 7.86. The zero-order valence-electron chi connectivity index (χ0n) is 9.33. The highest BCUT2D eigenvalue weighted by Crippen LogP contribution is 2.46. The van der Waals surface area contributed by atoms with Gasteiger partial charge >= 0.3 is 0 Å². The van der Waals surface area contributed by atoms with Gasteiger partial charge in [0, 0.05) is 0 Å². The first kappa shape index (κ1) is 18.8. The van der Waals surface area contributed by atoms with E-state index in [1.54, 1.807) is 12.1 Å². The zero-order valence-corrected chi connectivity index (χ0v) is 15.4. The minimum Gasteiger partial charge on any atom is -0.0827 e. The quantitative estimate of drug-likeness (QED) is 0.289. The van der Waals surface area contributed by atoms with E-state index in [0.717, 1.165) is 0 Å². The van der Waals surface area contributed by atoms with E-state index in [0.29, 0.717) is 10.0 Å². The SMILES string of the molecule is Clc1c(Cl)c(Cl)c(Cl)c(Cl)c1Cl.Clc1ccccc1Cl. The molecule has 20 heavy (non-hydrogen) atoms. The van der Waals surface area contributed by atoms with Gasteiger partial charge in [0.05, 0.1) is 40.2 Å². The van der Waals surface area contributed by atoms with E-state index < -0.39 is 0 Å². The Balaban J connectivity index is 0.000000217. The van der Waals surface area contributed by atoms with Crippen molar-refractivity contribution < 1.29 is 0 Å². The summed E-state index contributed by atoms with van der Waals surface area (Å²) in [6.07, 6.45) is 0.